The van der Waals surface area contributed by atoms with Gasteiger partial charge in [-0.25, -0.2) is 0 Å². The summed E-state index contributed by atoms with van der Waals surface area (Å²) in [6, 6.07) is 16.1. The van der Waals surface area contributed by atoms with Crippen molar-refractivity contribution in [1.82, 2.24) is 0 Å². The molecule has 2 aromatic rings. The number of benzene rings is 2. The molecule has 2 rings (SSSR count). The van der Waals surface area contributed by atoms with Gasteiger partial charge in [-0.2, -0.15) is 0 Å². The standard InChI is InChI=1S/C15H14O3/c16-10-12-6-8-14(9-7-12)18-11-15(17)13-4-2-1-3-5-13/h1-10,15,17H,11H2/t15-/m0/s1. The molecule has 0 radical (unpaired) electrons. The van der Waals surface area contributed by atoms with Gasteiger partial charge in [-0.05, 0) is 29.8 Å². The van der Waals surface area contributed by atoms with Gasteiger partial charge in [0, 0.05) is 5.56 Å². The summed E-state index contributed by atoms with van der Waals surface area (Å²) >= 11 is 0. The first-order valence-corrected chi connectivity index (χ1v) is 5.70. The van der Waals surface area contributed by atoms with Gasteiger partial charge in [0.1, 0.15) is 24.7 Å². The zero-order chi connectivity index (χ0) is 12.8. The summed E-state index contributed by atoms with van der Waals surface area (Å²) in [6.07, 6.45) is 0.125. The van der Waals surface area contributed by atoms with E-state index in [9.17, 15) is 9.90 Å². The van der Waals surface area contributed by atoms with Crippen LogP contribution < -0.4 is 4.74 Å². The third-order valence-corrected chi connectivity index (χ3v) is 2.61. The van der Waals surface area contributed by atoms with Crippen LogP contribution in [0.4, 0.5) is 0 Å². The van der Waals surface area contributed by atoms with Crippen LogP contribution in [0.5, 0.6) is 5.75 Å². The normalized spacial score (nSPS) is 11.8. The summed E-state index contributed by atoms with van der Waals surface area (Å²) in [5.41, 5.74) is 1.42. The molecule has 0 amide bonds. The fourth-order valence-corrected chi connectivity index (χ4v) is 1.59. The number of carbonyl (C=O) groups is 1. The Balaban J connectivity index is 1.93. The Morgan fingerprint density at radius 3 is 2.33 bits per heavy atom. The summed E-state index contributed by atoms with van der Waals surface area (Å²) in [5.74, 6) is 0.635. The lowest BCUT2D eigenvalue weighted by Gasteiger charge is -2.12. The van der Waals surface area contributed by atoms with Crippen molar-refractivity contribution in [2.75, 3.05) is 6.61 Å². The summed E-state index contributed by atoms with van der Waals surface area (Å²) in [5, 5.41) is 9.90. The van der Waals surface area contributed by atoms with Gasteiger partial charge in [-0.3, -0.25) is 4.79 Å². The Bertz CT molecular complexity index is 491. The molecular weight excluding hydrogens is 228 g/mol. The van der Waals surface area contributed by atoms with Crippen LogP contribution in [-0.2, 0) is 0 Å². The van der Waals surface area contributed by atoms with E-state index in [-0.39, 0.29) is 6.61 Å². The third-order valence-electron chi connectivity index (χ3n) is 2.61. The second kappa shape index (κ2) is 5.98. The van der Waals surface area contributed by atoms with E-state index in [2.05, 4.69) is 0 Å². The lowest BCUT2D eigenvalue weighted by molar-refractivity contribution is 0.108. The van der Waals surface area contributed by atoms with Gasteiger partial charge in [0.05, 0.1) is 0 Å². The molecule has 0 spiro atoms. The van der Waals surface area contributed by atoms with Crippen LogP contribution in [0.25, 0.3) is 0 Å². The van der Waals surface area contributed by atoms with Gasteiger partial charge in [0.2, 0.25) is 0 Å². The second-order valence-electron chi connectivity index (χ2n) is 3.92. The Morgan fingerprint density at radius 2 is 1.72 bits per heavy atom. The van der Waals surface area contributed by atoms with Crippen molar-refractivity contribution in [1.29, 1.82) is 0 Å². The molecule has 0 aromatic heterocycles. The van der Waals surface area contributed by atoms with Crippen molar-refractivity contribution in [3.05, 3.63) is 65.7 Å². The van der Waals surface area contributed by atoms with Crippen LogP contribution in [-0.4, -0.2) is 18.0 Å². The predicted octanol–water partition coefficient (Wildman–Crippen LogP) is 2.61. The molecule has 0 saturated heterocycles. The summed E-state index contributed by atoms with van der Waals surface area (Å²) in [7, 11) is 0. The number of hydrogen-bond donors (Lipinski definition) is 1. The Kier molecular flexibility index (Phi) is 4.10. The van der Waals surface area contributed by atoms with Gasteiger partial charge >= 0.3 is 0 Å². The van der Waals surface area contributed by atoms with Crippen molar-refractivity contribution < 1.29 is 14.6 Å². The molecule has 0 aliphatic rings. The number of aldehydes is 1. The first-order valence-electron chi connectivity index (χ1n) is 5.70. The molecular formula is C15H14O3. The lowest BCUT2D eigenvalue weighted by atomic mass is 10.1. The smallest absolute Gasteiger partial charge is 0.150 e. The average Bonchev–Trinajstić information content (AvgIpc) is 2.46. The number of rotatable bonds is 5. The van der Waals surface area contributed by atoms with E-state index in [0.29, 0.717) is 11.3 Å². The number of aliphatic hydroxyl groups is 1. The van der Waals surface area contributed by atoms with Crippen LogP contribution in [0.15, 0.2) is 54.6 Å². The zero-order valence-electron chi connectivity index (χ0n) is 9.82. The monoisotopic (exact) mass is 242 g/mol. The van der Waals surface area contributed by atoms with E-state index >= 15 is 0 Å². The molecule has 0 fully saturated rings. The Morgan fingerprint density at radius 1 is 1.06 bits per heavy atom. The largest absolute Gasteiger partial charge is 0.491 e. The summed E-state index contributed by atoms with van der Waals surface area (Å²) < 4.78 is 5.46. The van der Waals surface area contributed by atoms with Gasteiger partial charge < -0.3 is 9.84 Å². The molecule has 0 aliphatic carbocycles. The van der Waals surface area contributed by atoms with Gasteiger partial charge in [0.25, 0.3) is 0 Å². The first kappa shape index (κ1) is 12.3. The maximum Gasteiger partial charge on any atom is 0.150 e. The number of ether oxygens (including phenoxy) is 1. The molecule has 92 valence electrons. The highest BCUT2D eigenvalue weighted by molar-refractivity contribution is 5.74. The number of aliphatic hydroxyl groups excluding tert-OH is 1. The molecule has 0 heterocycles. The SMILES string of the molecule is O=Cc1ccc(OC[C@H](O)c2ccccc2)cc1. The maximum absolute atomic E-state index is 10.5. The van der Waals surface area contributed by atoms with Crippen LogP contribution in [0.1, 0.15) is 22.0 Å². The Labute approximate surface area is 106 Å². The molecule has 3 heteroatoms. The quantitative estimate of drug-likeness (QED) is 0.820. The van der Waals surface area contributed by atoms with E-state index in [1.165, 1.54) is 0 Å². The minimum atomic E-state index is -0.656. The van der Waals surface area contributed by atoms with Crippen LogP contribution in [0.2, 0.25) is 0 Å². The summed E-state index contributed by atoms with van der Waals surface area (Å²) in [6.45, 7) is 0.185. The lowest BCUT2D eigenvalue weighted by Crippen LogP contribution is -2.09. The highest BCUT2D eigenvalue weighted by atomic mass is 16.5. The van der Waals surface area contributed by atoms with E-state index in [1.54, 1.807) is 24.3 Å². The highest BCUT2D eigenvalue weighted by Gasteiger charge is 2.07. The van der Waals surface area contributed by atoms with Crippen molar-refractivity contribution in [2.24, 2.45) is 0 Å². The molecule has 3 nitrogen and oxygen atoms in total. The predicted molar refractivity (Wildman–Crippen MR) is 68.7 cm³/mol. The van der Waals surface area contributed by atoms with E-state index < -0.39 is 6.10 Å². The molecule has 1 atom stereocenters. The Hall–Kier alpha value is -2.13. The van der Waals surface area contributed by atoms with E-state index in [4.69, 9.17) is 4.74 Å². The van der Waals surface area contributed by atoms with Crippen LogP contribution in [0.3, 0.4) is 0 Å². The molecule has 2 aromatic carbocycles. The first-order chi connectivity index (χ1) is 8.79. The zero-order valence-corrected chi connectivity index (χ0v) is 9.82. The van der Waals surface area contributed by atoms with Crippen molar-refractivity contribution in [3.8, 4) is 5.75 Å². The minimum absolute atomic E-state index is 0.185. The molecule has 0 unspecified atom stereocenters. The van der Waals surface area contributed by atoms with Crippen LogP contribution >= 0.6 is 0 Å². The van der Waals surface area contributed by atoms with E-state index in [1.807, 2.05) is 30.3 Å². The van der Waals surface area contributed by atoms with Crippen LogP contribution in [0, 0.1) is 0 Å². The van der Waals surface area contributed by atoms with Gasteiger partial charge in [0.15, 0.2) is 0 Å². The number of carbonyl (C=O) groups excluding carboxylic acids is 1. The molecule has 0 aliphatic heterocycles. The van der Waals surface area contributed by atoms with Gasteiger partial charge in [-0.1, -0.05) is 30.3 Å². The topological polar surface area (TPSA) is 46.5 Å². The maximum atomic E-state index is 10.5. The van der Waals surface area contributed by atoms with Gasteiger partial charge in [-0.15, -0.1) is 0 Å². The van der Waals surface area contributed by atoms with Crippen molar-refractivity contribution in [3.63, 3.8) is 0 Å². The third kappa shape index (κ3) is 3.18. The minimum Gasteiger partial charge on any atom is -0.491 e. The summed E-state index contributed by atoms with van der Waals surface area (Å²) in [4.78, 5) is 10.5. The molecule has 1 N–H and O–H groups in total. The van der Waals surface area contributed by atoms with E-state index in [0.717, 1.165) is 11.8 Å². The molecule has 0 bridgehead atoms. The highest BCUT2D eigenvalue weighted by Crippen LogP contribution is 2.16. The molecule has 18 heavy (non-hydrogen) atoms. The fourth-order valence-electron chi connectivity index (χ4n) is 1.59. The second-order valence-corrected chi connectivity index (χ2v) is 3.92. The number of hydrogen-bond acceptors (Lipinski definition) is 3. The average molecular weight is 242 g/mol. The van der Waals surface area contributed by atoms with Crippen molar-refractivity contribution >= 4 is 6.29 Å². The fraction of sp³-hybridized carbons (Fsp3) is 0.133. The molecule has 0 saturated carbocycles. The van der Waals surface area contributed by atoms with Crippen molar-refractivity contribution in [2.45, 2.75) is 6.10 Å².